The maximum absolute atomic E-state index is 13.7. The van der Waals surface area contributed by atoms with Crippen LogP contribution in [0.3, 0.4) is 0 Å². The number of benzene rings is 3. The topological polar surface area (TPSA) is 55.8 Å². The molecule has 1 saturated heterocycles. The van der Waals surface area contributed by atoms with Crippen LogP contribution < -0.4 is 4.74 Å². The van der Waals surface area contributed by atoms with Crippen LogP contribution in [0.4, 0.5) is 4.39 Å². The van der Waals surface area contributed by atoms with Gasteiger partial charge in [0.25, 0.3) is 0 Å². The SMILES string of the molecule is C=C(C)[C@H]1C[C@H](c2ccccc2Cl)[C@H](c2ccc(F)cc2)O[C@@H]1c1ccc(Cl)cc1OCC(=O)O. The van der Waals surface area contributed by atoms with Gasteiger partial charge in [-0.1, -0.05) is 71.8 Å². The molecule has 3 aromatic rings. The summed E-state index contributed by atoms with van der Waals surface area (Å²) < 4.78 is 26.1. The highest BCUT2D eigenvalue weighted by atomic mass is 35.5. The average molecular weight is 515 g/mol. The van der Waals surface area contributed by atoms with Gasteiger partial charge in [0.05, 0.1) is 12.2 Å². The normalized spacial score (nSPS) is 21.9. The Bertz CT molecular complexity index is 1230. The van der Waals surface area contributed by atoms with E-state index in [0.29, 0.717) is 27.8 Å². The Balaban J connectivity index is 1.81. The highest BCUT2D eigenvalue weighted by Gasteiger charge is 2.42. The highest BCUT2D eigenvalue weighted by Crippen LogP contribution is 2.54. The number of hydrogen-bond acceptors (Lipinski definition) is 3. The van der Waals surface area contributed by atoms with Crippen LogP contribution in [0.1, 0.15) is 48.2 Å². The third-order valence-electron chi connectivity index (χ3n) is 6.30. The number of carboxylic acids is 1. The third-order valence-corrected chi connectivity index (χ3v) is 6.88. The lowest BCUT2D eigenvalue weighted by atomic mass is 9.74. The molecule has 4 nitrogen and oxygen atoms in total. The van der Waals surface area contributed by atoms with Crippen LogP contribution in [0.15, 0.2) is 78.9 Å². The molecule has 7 heteroatoms. The van der Waals surface area contributed by atoms with Crippen molar-refractivity contribution in [1.82, 2.24) is 0 Å². The van der Waals surface area contributed by atoms with Crippen LogP contribution in [-0.4, -0.2) is 17.7 Å². The first-order valence-corrected chi connectivity index (χ1v) is 11.9. The lowest BCUT2D eigenvalue weighted by Gasteiger charge is -2.43. The number of carbonyl (C=O) groups is 1. The Morgan fingerprint density at radius 1 is 1.09 bits per heavy atom. The molecule has 0 spiro atoms. The van der Waals surface area contributed by atoms with Crippen molar-refractivity contribution in [2.45, 2.75) is 31.5 Å². The van der Waals surface area contributed by atoms with Gasteiger partial charge in [-0.05, 0) is 54.8 Å². The smallest absolute Gasteiger partial charge is 0.341 e. The molecular formula is C28H25Cl2FO4. The number of rotatable bonds is 7. The molecule has 35 heavy (non-hydrogen) atoms. The van der Waals surface area contributed by atoms with Crippen molar-refractivity contribution in [2.75, 3.05) is 6.61 Å². The minimum Gasteiger partial charge on any atom is -0.481 e. The second kappa shape index (κ2) is 10.8. The zero-order valence-electron chi connectivity index (χ0n) is 19.1. The fourth-order valence-electron chi connectivity index (χ4n) is 4.65. The molecule has 0 unspecified atom stereocenters. The van der Waals surface area contributed by atoms with Gasteiger partial charge in [-0.25, -0.2) is 9.18 Å². The lowest BCUT2D eigenvalue weighted by molar-refractivity contribution is -0.139. The summed E-state index contributed by atoms with van der Waals surface area (Å²) in [5, 5.41) is 10.2. The second-order valence-electron chi connectivity index (χ2n) is 8.71. The Hall–Kier alpha value is -2.86. The molecule has 1 aliphatic heterocycles. The molecule has 0 bridgehead atoms. The fourth-order valence-corrected chi connectivity index (χ4v) is 5.09. The van der Waals surface area contributed by atoms with E-state index in [-0.39, 0.29) is 17.7 Å². The van der Waals surface area contributed by atoms with Gasteiger partial charge in [0.1, 0.15) is 11.6 Å². The third kappa shape index (κ3) is 5.69. The molecule has 0 amide bonds. The average Bonchev–Trinajstić information content (AvgIpc) is 2.83. The van der Waals surface area contributed by atoms with E-state index < -0.39 is 24.8 Å². The van der Waals surface area contributed by atoms with E-state index in [0.717, 1.165) is 16.7 Å². The van der Waals surface area contributed by atoms with Gasteiger partial charge in [0.15, 0.2) is 6.61 Å². The summed E-state index contributed by atoms with van der Waals surface area (Å²) in [5.41, 5.74) is 3.33. The standard InChI is InChI=1S/C28H25Cl2FO4/c1-16(2)22-14-23(20-5-3-4-6-24(20)30)27(17-7-10-19(31)11-8-17)35-28(22)21-12-9-18(29)13-25(21)34-15-26(32)33/h3-13,22-23,27-28H,1,14-15H2,2H3,(H,32,33)/t22-,23-,27+,28-/m1/s1. The maximum atomic E-state index is 13.7. The van der Waals surface area contributed by atoms with Crippen LogP contribution in [0.25, 0.3) is 0 Å². The van der Waals surface area contributed by atoms with Crippen LogP contribution in [0.2, 0.25) is 10.0 Å². The predicted octanol–water partition coefficient (Wildman–Crippen LogP) is 7.77. The highest BCUT2D eigenvalue weighted by molar-refractivity contribution is 6.31. The number of hydrogen-bond donors (Lipinski definition) is 1. The van der Waals surface area contributed by atoms with Crippen molar-refractivity contribution in [1.29, 1.82) is 0 Å². The van der Waals surface area contributed by atoms with E-state index in [2.05, 4.69) is 6.58 Å². The lowest BCUT2D eigenvalue weighted by Crippen LogP contribution is -2.32. The molecule has 0 radical (unpaired) electrons. The Morgan fingerprint density at radius 3 is 2.46 bits per heavy atom. The molecule has 1 aliphatic rings. The Labute approximate surface area is 213 Å². The first kappa shape index (κ1) is 25.2. The maximum Gasteiger partial charge on any atom is 0.341 e. The van der Waals surface area contributed by atoms with E-state index in [9.17, 15) is 9.18 Å². The van der Waals surface area contributed by atoms with E-state index in [1.807, 2.05) is 31.2 Å². The molecule has 3 aromatic carbocycles. The molecule has 1 N–H and O–H groups in total. The van der Waals surface area contributed by atoms with Gasteiger partial charge in [-0.2, -0.15) is 0 Å². The van der Waals surface area contributed by atoms with Gasteiger partial charge in [-0.3, -0.25) is 0 Å². The first-order chi connectivity index (χ1) is 16.7. The molecule has 1 fully saturated rings. The molecule has 4 rings (SSSR count). The van der Waals surface area contributed by atoms with E-state index in [1.165, 1.54) is 12.1 Å². The van der Waals surface area contributed by atoms with Crippen LogP contribution in [0, 0.1) is 11.7 Å². The van der Waals surface area contributed by atoms with Crippen molar-refractivity contribution in [3.8, 4) is 5.75 Å². The Morgan fingerprint density at radius 2 is 1.80 bits per heavy atom. The summed E-state index contributed by atoms with van der Waals surface area (Å²) in [6.07, 6.45) is -0.284. The summed E-state index contributed by atoms with van der Waals surface area (Å²) in [7, 11) is 0. The summed E-state index contributed by atoms with van der Waals surface area (Å²) in [5.74, 6) is -1.34. The molecule has 0 aromatic heterocycles. The van der Waals surface area contributed by atoms with Gasteiger partial charge < -0.3 is 14.6 Å². The van der Waals surface area contributed by atoms with Crippen molar-refractivity contribution in [3.63, 3.8) is 0 Å². The molecule has 1 heterocycles. The van der Waals surface area contributed by atoms with Gasteiger partial charge in [-0.15, -0.1) is 0 Å². The molecule has 4 atom stereocenters. The zero-order valence-corrected chi connectivity index (χ0v) is 20.6. The van der Waals surface area contributed by atoms with Crippen molar-refractivity contribution < 1.29 is 23.8 Å². The summed E-state index contributed by atoms with van der Waals surface area (Å²) in [6.45, 7) is 5.64. The number of carboxylic acid groups (broad SMARTS) is 1. The zero-order chi connectivity index (χ0) is 25.1. The van der Waals surface area contributed by atoms with Gasteiger partial charge in [0, 0.05) is 27.4 Å². The number of aliphatic carboxylic acids is 1. The molecular weight excluding hydrogens is 490 g/mol. The second-order valence-corrected chi connectivity index (χ2v) is 9.55. The molecule has 0 saturated carbocycles. The summed E-state index contributed by atoms with van der Waals surface area (Å²) in [4.78, 5) is 11.2. The van der Waals surface area contributed by atoms with Gasteiger partial charge in [0.2, 0.25) is 0 Å². The first-order valence-electron chi connectivity index (χ1n) is 11.2. The number of ether oxygens (including phenoxy) is 2. The monoisotopic (exact) mass is 514 g/mol. The van der Waals surface area contributed by atoms with Gasteiger partial charge >= 0.3 is 5.97 Å². The number of halogens is 3. The quantitative estimate of drug-likeness (QED) is 0.327. The molecule has 182 valence electrons. The van der Waals surface area contributed by atoms with E-state index >= 15 is 0 Å². The largest absolute Gasteiger partial charge is 0.481 e. The fraction of sp³-hybridized carbons (Fsp3) is 0.250. The van der Waals surface area contributed by atoms with Crippen molar-refractivity contribution in [2.24, 2.45) is 5.92 Å². The van der Waals surface area contributed by atoms with Crippen LogP contribution in [-0.2, 0) is 9.53 Å². The van der Waals surface area contributed by atoms with E-state index in [4.69, 9.17) is 37.8 Å². The molecule has 0 aliphatic carbocycles. The summed E-state index contributed by atoms with van der Waals surface area (Å²) >= 11 is 12.8. The minimum atomic E-state index is -1.10. The Kier molecular flexibility index (Phi) is 7.80. The minimum absolute atomic E-state index is 0.122. The predicted molar refractivity (Wildman–Crippen MR) is 135 cm³/mol. The van der Waals surface area contributed by atoms with Crippen LogP contribution in [0.5, 0.6) is 5.75 Å². The van der Waals surface area contributed by atoms with Crippen LogP contribution >= 0.6 is 23.2 Å². The van der Waals surface area contributed by atoms with E-state index in [1.54, 1.807) is 30.3 Å². The van der Waals surface area contributed by atoms with Crippen molar-refractivity contribution >= 4 is 29.2 Å². The van der Waals surface area contributed by atoms with Crippen molar-refractivity contribution in [3.05, 3.63) is 111 Å². The summed E-state index contributed by atoms with van der Waals surface area (Å²) in [6, 6.07) is 19.0.